The molecule has 4 aromatic rings. The Balaban J connectivity index is 1.70. The van der Waals surface area contributed by atoms with E-state index in [0.717, 1.165) is 10.2 Å². The van der Waals surface area contributed by atoms with Crippen molar-refractivity contribution < 1.29 is 14.1 Å². The number of anilines is 1. The van der Waals surface area contributed by atoms with Crippen molar-refractivity contribution >= 4 is 32.6 Å². The highest BCUT2D eigenvalue weighted by atomic mass is 32.1. The van der Waals surface area contributed by atoms with Crippen molar-refractivity contribution in [2.75, 3.05) is 18.1 Å². The van der Waals surface area contributed by atoms with E-state index in [1.165, 1.54) is 11.3 Å². The van der Waals surface area contributed by atoms with Crippen LogP contribution in [0.3, 0.4) is 0 Å². The minimum Gasteiger partial charge on any atom is -0.492 e. The number of ether oxygens (including phenoxy) is 1. The third-order valence-electron chi connectivity index (χ3n) is 4.10. The molecule has 0 atom stereocenters. The molecule has 0 fully saturated rings. The summed E-state index contributed by atoms with van der Waals surface area (Å²) in [6.45, 7) is 5.17. The minimum absolute atomic E-state index is 0.183. The standard InChI is InChI=1S/C19H19N5O3S/c1-3-26-14-6-4-7-16-17(14)21-19(28-16)24(11-10-23-9-5-8-20-23)18(25)15-12-13(2)22-27-15/h4-9,12H,3,10-11H2,1-2H3. The minimum atomic E-state index is -0.287. The summed E-state index contributed by atoms with van der Waals surface area (Å²) < 4.78 is 13.6. The predicted octanol–water partition coefficient (Wildman–Crippen LogP) is 3.53. The summed E-state index contributed by atoms with van der Waals surface area (Å²) in [6, 6.07) is 9.24. The summed E-state index contributed by atoms with van der Waals surface area (Å²) in [4.78, 5) is 19.4. The van der Waals surface area contributed by atoms with Crippen LogP contribution in [0.5, 0.6) is 5.75 Å². The Bertz CT molecular complexity index is 1090. The van der Waals surface area contributed by atoms with Crippen LogP contribution in [0.15, 0.2) is 47.2 Å². The monoisotopic (exact) mass is 397 g/mol. The summed E-state index contributed by atoms with van der Waals surface area (Å²) >= 11 is 1.43. The molecule has 9 heteroatoms. The quantitative estimate of drug-likeness (QED) is 0.474. The van der Waals surface area contributed by atoms with Crippen molar-refractivity contribution in [3.63, 3.8) is 0 Å². The zero-order valence-electron chi connectivity index (χ0n) is 15.5. The molecule has 0 bridgehead atoms. The highest BCUT2D eigenvalue weighted by Gasteiger charge is 2.25. The number of hydrogen-bond donors (Lipinski definition) is 0. The maximum atomic E-state index is 13.1. The van der Waals surface area contributed by atoms with Gasteiger partial charge in [-0.05, 0) is 32.0 Å². The SMILES string of the molecule is CCOc1cccc2sc(N(CCn3cccn3)C(=O)c3cc(C)no3)nc12. The van der Waals surface area contributed by atoms with Gasteiger partial charge in [-0.2, -0.15) is 5.10 Å². The summed E-state index contributed by atoms with van der Waals surface area (Å²) in [5, 5.41) is 8.61. The van der Waals surface area contributed by atoms with Gasteiger partial charge in [0.25, 0.3) is 5.91 Å². The van der Waals surface area contributed by atoms with Gasteiger partial charge in [-0.15, -0.1) is 0 Å². The number of rotatable bonds is 7. The summed E-state index contributed by atoms with van der Waals surface area (Å²) in [6.07, 6.45) is 3.56. The molecule has 3 aromatic heterocycles. The fourth-order valence-corrected chi connectivity index (χ4v) is 3.82. The maximum Gasteiger partial charge on any atom is 0.298 e. The lowest BCUT2D eigenvalue weighted by Gasteiger charge is -2.18. The number of aryl methyl sites for hydroxylation is 1. The normalized spacial score (nSPS) is 11.1. The van der Waals surface area contributed by atoms with Gasteiger partial charge < -0.3 is 9.26 Å². The molecule has 0 N–H and O–H groups in total. The first-order chi connectivity index (χ1) is 13.7. The molecular weight excluding hydrogens is 378 g/mol. The van der Waals surface area contributed by atoms with Crippen LogP contribution in [-0.4, -0.2) is 39.0 Å². The topological polar surface area (TPSA) is 86.3 Å². The van der Waals surface area contributed by atoms with Crippen LogP contribution >= 0.6 is 11.3 Å². The van der Waals surface area contributed by atoms with Gasteiger partial charge in [0.05, 0.1) is 23.5 Å². The van der Waals surface area contributed by atoms with Crippen LogP contribution in [-0.2, 0) is 6.54 Å². The number of thiazole rings is 1. The molecule has 1 aromatic carbocycles. The maximum absolute atomic E-state index is 13.1. The van der Waals surface area contributed by atoms with E-state index in [0.29, 0.717) is 36.3 Å². The molecule has 0 spiro atoms. The van der Waals surface area contributed by atoms with Gasteiger partial charge in [-0.3, -0.25) is 14.4 Å². The van der Waals surface area contributed by atoms with Gasteiger partial charge in [-0.25, -0.2) is 4.98 Å². The smallest absolute Gasteiger partial charge is 0.298 e. The molecule has 0 saturated carbocycles. The number of carbonyl (C=O) groups excluding carboxylic acids is 1. The van der Waals surface area contributed by atoms with Crippen LogP contribution < -0.4 is 9.64 Å². The first-order valence-electron chi connectivity index (χ1n) is 8.90. The second kappa shape index (κ2) is 7.81. The Labute approximate surface area is 165 Å². The molecule has 28 heavy (non-hydrogen) atoms. The van der Waals surface area contributed by atoms with E-state index in [1.54, 1.807) is 28.8 Å². The largest absolute Gasteiger partial charge is 0.492 e. The van der Waals surface area contributed by atoms with E-state index in [9.17, 15) is 4.79 Å². The van der Waals surface area contributed by atoms with Gasteiger partial charge >= 0.3 is 0 Å². The van der Waals surface area contributed by atoms with Crippen molar-refractivity contribution in [3.05, 3.63) is 54.2 Å². The van der Waals surface area contributed by atoms with Crippen LogP contribution in [0.4, 0.5) is 5.13 Å². The van der Waals surface area contributed by atoms with Crippen LogP contribution in [0.2, 0.25) is 0 Å². The van der Waals surface area contributed by atoms with Crippen LogP contribution in [0, 0.1) is 6.92 Å². The molecule has 1 amide bonds. The summed E-state index contributed by atoms with van der Waals surface area (Å²) in [5.41, 5.74) is 1.40. The lowest BCUT2D eigenvalue weighted by molar-refractivity contribution is 0.0950. The van der Waals surface area contributed by atoms with Gasteiger partial charge in [-0.1, -0.05) is 22.6 Å². The Kier molecular flexibility index (Phi) is 5.07. The number of aromatic nitrogens is 4. The average molecular weight is 397 g/mol. The molecule has 0 aliphatic rings. The van der Waals surface area contributed by atoms with Crippen molar-refractivity contribution in [2.45, 2.75) is 20.4 Å². The van der Waals surface area contributed by atoms with E-state index in [4.69, 9.17) is 14.2 Å². The molecule has 3 heterocycles. The number of para-hydroxylation sites is 1. The summed E-state index contributed by atoms with van der Waals surface area (Å²) in [7, 11) is 0. The molecule has 0 aliphatic heterocycles. The highest BCUT2D eigenvalue weighted by molar-refractivity contribution is 7.22. The Morgan fingerprint density at radius 2 is 2.25 bits per heavy atom. The first kappa shape index (κ1) is 18.2. The third kappa shape index (κ3) is 3.61. The number of amides is 1. The predicted molar refractivity (Wildman–Crippen MR) is 106 cm³/mol. The fraction of sp³-hybridized carbons (Fsp3) is 0.263. The first-order valence-corrected chi connectivity index (χ1v) is 9.72. The van der Waals surface area contributed by atoms with Gasteiger partial charge in [0.1, 0.15) is 11.3 Å². The lowest BCUT2D eigenvalue weighted by Crippen LogP contribution is -2.33. The zero-order valence-corrected chi connectivity index (χ0v) is 16.3. The lowest BCUT2D eigenvalue weighted by atomic mass is 10.3. The molecule has 0 radical (unpaired) electrons. The average Bonchev–Trinajstić information content (AvgIpc) is 3.42. The second-order valence-corrected chi connectivity index (χ2v) is 7.10. The Morgan fingerprint density at radius 3 is 2.96 bits per heavy atom. The van der Waals surface area contributed by atoms with E-state index >= 15 is 0 Å². The molecule has 0 saturated heterocycles. The van der Waals surface area contributed by atoms with E-state index in [1.807, 2.05) is 37.4 Å². The van der Waals surface area contributed by atoms with Crippen LogP contribution in [0.1, 0.15) is 23.2 Å². The van der Waals surface area contributed by atoms with E-state index in [2.05, 4.69) is 10.3 Å². The number of nitrogens with zero attached hydrogens (tertiary/aromatic N) is 5. The van der Waals surface area contributed by atoms with Crippen molar-refractivity contribution in [2.24, 2.45) is 0 Å². The van der Waals surface area contributed by atoms with Crippen LogP contribution in [0.25, 0.3) is 10.2 Å². The fourth-order valence-electron chi connectivity index (χ4n) is 2.82. The molecule has 0 aliphatic carbocycles. The number of hydrogen-bond acceptors (Lipinski definition) is 7. The molecule has 4 rings (SSSR count). The van der Waals surface area contributed by atoms with Gasteiger partial charge in [0.15, 0.2) is 5.13 Å². The van der Waals surface area contributed by atoms with E-state index in [-0.39, 0.29) is 11.7 Å². The van der Waals surface area contributed by atoms with Crippen molar-refractivity contribution in [1.82, 2.24) is 19.9 Å². The molecule has 0 unspecified atom stereocenters. The highest BCUT2D eigenvalue weighted by Crippen LogP contribution is 2.34. The number of carbonyl (C=O) groups is 1. The van der Waals surface area contributed by atoms with Gasteiger partial charge in [0, 0.05) is 25.0 Å². The number of benzene rings is 1. The summed E-state index contributed by atoms with van der Waals surface area (Å²) in [5.74, 6) is 0.601. The molecule has 144 valence electrons. The zero-order chi connectivity index (χ0) is 19.5. The molecule has 8 nitrogen and oxygen atoms in total. The third-order valence-corrected chi connectivity index (χ3v) is 5.14. The number of fused-ring (bicyclic) bond motifs is 1. The molecular formula is C19H19N5O3S. The Hall–Kier alpha value is -3.20. The van der Waals surface area contributed by atoms with Crippen molar-refractivity contribution in [3.8, 4) is 5.75 Å². The van der Waals surface area contributed by atoms with Gasteiger partial charge in [0.2, 0.25) is 5.76 Å². The van der Waals surface area contributed by atoms with E-state index < -0.39 is 0 Å². The second-order valence-electron chi connectivity index (χ2n) is 6.09. The van der Waals surface area contributed by atoms with Crippen molar-refractivity contribution in [1.29, 1.82) is 0 Å². The Morgan fingerprint density at radius 1 is 1.36 bits per heavy atom.